The Balaban J connectivity index is 3.96. The molecule has 4 heteroatoms. The van der Waals surface area contributed by atoms with Crippen LogP contribution >= 0.6 is 0 Å². The van der Waals surface area contributed by atoms with Crippen LogP contribution in [0.3, 0.4) is 0 Å². The van der Waals surface area contributed by atoms with Crippen LogP contribution in [0.1, 0.15) is 52.9 Å². The van der Waals surface area contributed by atoms with E-state index in [0.29, 0.717) is 12.8 Å². The number of Topliss-reactive ketones (excluding diaryl/α,β-unsaturated/α-hetero) is 2. The molecular formula is C14H23NO3. The maximum Gasteiger partial charge on any atom is 0.244 e. The van der Waals surface area contributed by atoms with Crippen LogP contribution in [-0.2, 0) is 14.4 Å². The Morgan fingerprint density at radius 1 is 1.11 bits per heavy atom. The summed E-state index contributed by atoms with van der Waals surface area (Å²) < 4.78 is 0. The van der Waals surface area contributed by atoms with Crippen molar-refractivity contribution < 1.29 is 14.4 Å². The van der Waals surface area contributed by atoms with Crippen LogP contribution in [-0.4, -0.2) is 23.0 Å². The highest BCUT2D eigenvalue weighted by Crippen LogP contribution is 2.11. The van der Waals surface area contributed by atoms with Gasteiger partial charge in [0, 0.05) is 12.8 Å². The Hall–Kier alpha value is -1.45. The minimum absolute atomic E-state index is 0.000486. The zero-order valence-electron chi connectivity index (χ0n) is 11.5. The highest BCUT2D eigenvalue weighted by atomic mass is 16.2. The number of hydrogen-bond acceptors (Lipinski definition) is 3. The second kappa shape index (κ2) is 7.80. The van der Waals surface area contributed by atoms with Gasteiger partial charge in [0.2, 0.25) is 5.91 Å². The lowest BCUT2D eigenvalue weighted by molar-refractivity contribution is -0.129. The lowest BCUT2D eigenvalue weighted by Gasteiger charge is -2.24. The molecule has 0 radical (unpaired) electrons. The van der Waals surface area contributed by atoms with Gasteiger partial charge in [-0.3, -0.25) is 9.59 Å². The quantitative estimate of drug-likeness (QED) is 0.506. The van der Waals surface area contributed by atoms with E-state index >= 15 is 0 Å². The molecule has 0 saturated carbocycles. The molecule has 102 valence electrons. The third-order valence-corrected chi connectivity index (χ3v) is 2.75. The van der Waals surface area contributed by atoms with Crippen LogP contribution < -0.4 is 5.32 Å². The van der Waals surface area contributed by atoms with Crippen molar-refractivity contribution in [2.24, 2.45) is 0 Å². The highest BCUT2D eigenvalue weighted by Gasteiger charge is 2.27. The first-order valence-corrected chi connectivity index (χ1v) is 6.27. The van der Waals surface area contributed by atoms with Crippen molar-refractivity contribution in [2.75, 3.05) is 0 Å². The summed E-state index contributed by atoms with van der Waals surface area (Å²) in [4.78, 5) is 33.8. The minimum Gasteiger partial charge on any atom is -0.341 e. The Bertz CT molecular complexity index is 332. The fourth-order valence-electron chi connectivity index (χ4n) is 1.58. The summed E-state index contributed by atoms with van der Waals surface area (Å²) in [6.45, 7) is 8.29. The Morgan fingerprint density at radius 3 is 2.17 bits per heavy atom. The molecule has 0 aliphatic rings. The van der Waals surface area contributed by atoms with Crippen molar-refractivity contribution >= 4 is 17.5 Å². The van der Waals surface area contributed by atoms with Crippen molar-refractivity contribution in [3.63, 3.8) is 0 Å². The average molecular weight is 253 g/mol. The third-order valence-electron chi connectivity index (χ3n) is 2.75. The van der Waals surface area contributed by atoms with Crippen LogP contribution in [0, 0.1) is 0 Å². The number of nitrogens with one attached hydrogen (secondary N) is 1. The van der Waals surface area contributed by atoms with E-state index in [9.17, 15) is 14.4 Å². The maximum atomic E-state index is 11.9. The number of amides is 1. The summed E-state index contributed by atoms with van der Waals surface area (Å²) >= 11 is 0. The van der Waals surface area contributed by atoms with Crippen molar-refractivity contribution in [3.05, 3.63) is 12.7 Å². The summed E-state index contributed by atoms with van der Waals surface area (Å²) in [5.74, 6) is -0.162. The van der Waals surface area contributed by atoms with Crippen LogP contribution in [0.2, 0.25) is 0 Å². The Labute approximate surface area is 109 Å². The average Bonchev–Trinajstić information content (AvgIpc) is 2.27. The summed E-state index contributed by atoms with van der Waals surface area (Å²) in [5.41, 5.74) is -0.855. The molecule has 0 saturated heterocycles. The van der Waals surface area contributed by atoms with E-state index < -0.39 is 5.54 Å². The van der Waals surface area contributed by atoms with Gasteiger partial charge in [0.1, 0.15) is 5.78 Å². The first-order chi connectivity index (χ1) is 8.29. The minimum atomic E-state index is -0.855. The van der Waals surface area contributed by atoms with E-state index in [2.05, 4.69) is 11.9 Å². The van der Waals surface area contributed by atoms with E-state index in [1.54, 1.807) is 20.8 Å². The molecule has 0 aromatic rings. The number of ketones is 2. The van der Waals surface area contributed by atoms with E-state index in [4.69, 9.17) is 0 Å². The zero-order chi connectivity index (χ0) is 14.2. The Kier molecular flexibility index (Phi) is 7.17. The highest BCUT2D eigenvalue weighted by molar-refractivity contribution is 5.95. The lowest BCUT2D eigenvalue weighted by Crippen LogP contribution is -2.49. The number of unbranched alkanes of at least 4 members (excludes halogenated alkanes) is 2. The molecule has 18 heavy (non-hydrogen) atoms. The molecule has 0 heterocycles. The first-order valence-electron chi connectivity index (χ1n) is 6.27. The number of rotatable bonds is 9. The zero-order valence-corrected chi connectivity index (χ0v) is 11.5. The largest absolute Gasteiger partial charge is 0.341 e. The fraction of sp³-hybridized carbons (Fsp3) is 0.643. The van der Waals surface area contributed by atoms with E-state index in [1.807, 2.05) is 0 Å². The molecule has 0 rings (SSSR count). The third kappa shape index (κ3) is 6.99. The van der Waals surface area contributed by atoms with Gasteiger partial charge in [0.25, 0.3) is 0 Å². The predicted octanol–water partition coefficient (Wildman–Crippen LogP) is 2.18. The molecule has 1 N–H and O–H groups in total. The van der Waals surface area contributed by atoms with E-state index in [0.717, 1.165) is 25.3 Å². The van der Waals surface area contributed by atoms with Gasteiger partial charge in [-0.2, -0.15) is 0 Å². The van der Waals surface area contributed by atoms with Crippen LogP contribution in [0.15, 0.2) is 12.7 Å². The molecular weight excluding hydrogens is 230 g/mol. The van der Waals surface area contributed by atoms with Gasteiger partial charge in [-0.15, -0.1) is 0 Å². The molecule has 0 aliphatic heterocycles. The SMILES string of the molecule is C=CC(=O)NC(C)(C)C(=O)CCCCCC(C)=O. The van der Waals surface area contributed by atoms with Gasteiger partial charge >= 0.3 is 0 Å². The molecule has 0 bridgehead atoms. The normalized spacial score (nSPS) is 10.8. The molecule has 0 aliphatic carbocycles. The van der Waals surface area contributed by atoms with E-state index in [1.165, 1.54) is 0 Å². The monoisotopic (exact) mass is 253 g/mol. The van der Waals surface area contributed by atoms with Crippen molar-refractivity contribution in [1.29, 1.82) is 0 Å². The molecule has 0 aromatic carbocycles. The van der Waals surface area contributed by atoms with Gasteiger partial charge < -0.3 is 10.1 Å². The molecule has 4 nitrogen and oxygen atoms in total. The van der Waals surface area contributed by atoms with E-state index in [-0.39, 0.29) is 17.5 Å². The van der Waals surface area contributed by atoms with Crippen LogP contribution in [0.4, 0.5) is 0 Å². The van der Waals surface area contributed by atoms with Gasteiger partial charge in [-0.1, -0.05) is 13.0 Å². The molecule has 0 atom stereocenters. The number of carbonyl (C=O) groups is 3. The number of hydrogen-bond donors (Lipinski definition) is 1. The molecule has 1 amide bonds. The molecule has 0 unspecified atom stereocenters. The van der Waals surface area contributed by atoms with Gasteiger partial charge in [0.05, 0.1) is 5.54 Å². The lowest BCUT2D eigenvalue weighted by atomic mass is 9.94. The molecule has 0 fully saturated rings. The van der Waals surface area contributed by atoms with Crippen molar-refractivity contribution in [1.82, 2.24) is 5.32 Å². The number of carbonyl (C=O) groups excluding carboxylic acids is 3. The maximum absolute atomic E-state index is 11.9. The standard InChI is InChI=1S/C14H23NO3/c1-5-13(18)15-14(3,4)12(17)10-8-6-7-9-11(2)16/h5H,1,6-10H2,2-4H3,(H,15,18). The summed E-state index contributed by atoms with van der Waals surface area (Å²) in [7, 11) is 0. The summed E-state index contributed by atoms with van der Waals surface area (Å²) in [5, 5.41) is 2.60. The first kappa shape index (κ1) is 16.6. The topological polar surface area (TPSA) is 63.2 Å². The van der Waals surface area contributed by atoms with Crippen LogP contribution in [0.25, 0.3) is 0 Å². The van der Waals surface area contributed by atoms with Gasteiger partial charge in [0.15, 0.2) is 5.78 Å². The summed E-state index contributed by atoms with van der Waals surface area (Å²) in [6, 6.07) is 0. The fourth-order valence-corrected chi connectivity index (χ4v) is 1.58. The summed E-state index contributed by atoms with van der Waals surface area (Å²) in [6.07, 6.45) is 4.58. The molecule has 0 aromatic heterocycles. The Morgan fingerprint density at radius 2 is 1.67 bits per heavy atom. The van der Waals surface area contributed by atoms with Crippen molar-refractivity contribution in [3.8, 4) is 0 Å². The smallest absolute Gasteiger partial charge is 0.244 e. The van der Waals surface area contributed by atoms with Crippen molar-refractivity contribution in [2.45, 2.75) is 58.4 Å². The van der Waals surface area contributed by atoms with Gasteiger partial charge in [-0.05, 0) is 39.7 Å². The van der Waals surface area contributed by atoms with Crippen LogP contribution in [0.5, 0.6) is 0 Å². The predicted molar refractivity (Wildman–Crippen MR) is 71.2 cm³/mol. The second-order valence-electron chi connectivity index (χ2n) is 5.00. The second-order valence-corrected chi connectivity index (χ2v) is 5.00. The molecule has 0 spiro atoms. The van der Waals surface area contributed by atoms with Gasteiger partial charge in [-0.25, -0.2) is 0 Å².